The van der Waals surface area contributed by atoms with Gasteiger partial charge in [-0.1, -0.05) is 23.7 Å². The predicted molar refractivity (Wildman–Crippen MR) is 59.6 cm³/mol. The van der Waals surface area contributed by atoms with Crippen molar-refractivity contribution in [2.24, 2.45) is 0 Å². The predicted octanol–water partition coefficient (Wildman–Crippen LogP) is 1.95. The molecule has 0 saturated heterocycles. The van der Waals surface area contributed by atoms with Crippen molar-refractivity contribution < 1.29 is 19.4 Å². The van der Waals surface area contributed by atoms with E-state index in [-0.39, 0.29) is 6.42 Å². The van der Waals surface area contributed by atoms with Gasteiger partial charge in [0, 0.05) is 5.56 Å². The first-order valence-corrected chi connectivity index (χ1v) is 5.05. The second kappa shape index (κ2) is 5.72. The molecule has 0 radical (unpaired) electrons. The molecule has 88 valence electrons. The van der Waals surface area contributed by atoms with E-state index < -0.39 is 12.1 Å². The zero-order chi connectivity index (χ0) is 12.1. The van der Waals surface area contributed by atoms with Gasteiger partial charge in [0.2, 0.25) is 0 Å². The van der Waals surface area contributed by atoms with Crippen LogP contribution in [-0.4, -0.2) is 25.3 Å². The van der Waals surface area contributed by atoms with Crippen molar-refractivity contribution in [2.75, 3.05) is 14.2 Å². The molecular weight excluding hydrogens is 232 g/mol. The molecule has 4 nitrogen and oxygen atoms in total. The maximum absolute atomic E-state index is 11.0. The van der Waals surface area contributed by atoms with Gasteiger partial charge in [0.05, 0.1) is 31.8 Å². The fourth-order valence-electron chi connectivity index (χ4n) is 1.35. The van der Waals surface area contributed by atoms with Crippen LogP contribution in [0.1, 0.15) is 18.1 Å². The van der Waals surface area contributed by atoms with E-state index in [1.807, 2.05) is 0 Å². The molecule has 0 unspecified atom stereocenters. The quantitative estimate of drug-likeness (QED) is 0.823. The van der Waals surface area contributed by atoms with E-state index in [9.17, 15) is 9.90 Å². The zero-order valence-electron chi connectivity index (χ0n) is 9.07. The Morgan fingerprint density at radius 3 is 2.75 bits per heavy atom. The molecule has 0 aliphatic rings. The first-order valence-electron chi connectivity index (χ1n) is 4.67. The second-order valence-electron chi connectivity index (χ2n) is 3.16. The largest absolute Gasteiger partial charge is 0.495 e. The minimum Gasteiger partial charge on any atom is -0.495 e. The third-order valence-electron chi connectivity index (χ3n) is 2.15. The maximum Gasteiger partial charge on any atom is 0.308 e. The van der Waals surface area contributed by atoms with Crippen LogP contribution in [-0.2, 0) is 9.53 Å². The van der Waals surface area contributed by atoms with Gasteiger partial charge in [-0.15, -0.1) is 0 Å². The summed E-state index contributed by atoms with van der Waals surface area (Å²) in [4.78, 5) is 11.0. The number of benzene rings is 1. The molecule has 0 aromatic heterocycles. The van der Waals surface area contributed by atoms with E-state index in [0.29, 0.717) is 16.3 Å². The standard InChI is InChI=1S/C11H13ClO4/c1-15-10(14)6-9(13)7-4-3-5-8(12)11(7)16-2/h3-5,9,13H,6H2,1-2H3/t9-/m1/s1. The summed E-state index contributed by atoms with van der Waals surface area (Å²) in [5, 5.41) is 10.2. The normalized spacial score (nSPS) is 12.0. The molecule has 0 bridgehead atoms. The first-order chi connectivity index (χ1) is 7.60. The van der Waals surface area contributed by atoms with E-state index in [2.05, 4.69) is 4.74 Å². The van der Waals surface area contributed by atoms with Crippen molar-refractivity contribution in [1.82, 2.24) is 0 Å². The lowest BCUT2D eigenvalue weighted by Crippen LogP contribution is -2.09. The highest BCUT2D eigenvalue weighted by atomic mass is 35.5. The number of halogens is 1. The topological polar surface area (TPSA) is 55.8 Å². The smallest absolute Gasteiger partial charge is 0.308 e. The highest BCUT2D eigenvalue weighted by molar-refractivity contribution is 6.32. The molecule has 0 fully saturated rings. The van der Waals surface area contributed by atoms with E-state index in [0.717, 1.165) is 0 Å². The van der Waals surface area contributed by atoms with Crippen molar-refractivity contribution in [3.8, 4) is 5.75 Å². The van der Waals surface area contributed by atoms with Crippen molar-refractivity contribution in [2.45, 2.75) is 12.5 Å². The molecule has 0 aliphatic carbocycles. The Kier molecular flexibility index (Phi) is 4.58. The van der Waals surface area contributed by atoms with Crippen molar-refractivity contribution >= 4 is 17.6 Å². The molecule has 1 atom stereocenters. The number of ether oxygens (including phenoxy) is 2. The van der Waals surface area contributed by atoms with Gasteiger partial charge in [0.1, 0.15) is 5.75 Å². The van der Waals surface area contributed by atoms with Gasteiger partial charge in [-0.3, -0.25) is 4.79 Å². The number of rotatable bonds is 4. The second-order valence-corrected chi connectivity index (χ2v) is 3.57. The molecule has 0 amide bonds. The number of methoxy groups -OCH3 is 2. The van der Waals surface area contributed by atoms with Crippen LogP contribution in [0.3, 0.4) is 0 Å². The lowest BCUT2D eigenvalue weighted by atomic mass is 10.1. The molecule has 0 aliphatic heterocycles. The number of carbonyl (C=O) groups excluding carboxylic acids is 1. The Morgan fingerprint density at radius 2 is 2.19 bits per heavy atom. The van der Waals surface area contributed by atoms with Crippen LogP contribution in [0.4, 0.5) is 0 Å². The summed E-state index contributed by atoms with van der Waals surface area (Å²) in [6.45, 7) is 0. The van der Waals surface area contributed by atoms with Crippen LogP contribution in [0.5, 0.6) is 5.75 Å². The Bertz CT molecular complexity index is 378. The van der Waals surface area contributed by atoms with Gasteiger partial charge in [0.25, 0.3) is 0 Å². The number of carbonyl (C=O) groups is 1. The summed E-state index contributed by atoms with van der Waals surface area (Å²) in [6.07, 6.45) is -1.12. The number of hydrogen-bond donors (Lipinski definition) is 1. The van der Waals surface area contributed by atoms with Crippen LogP contribution in [0.15, 0.2) is 18.2 Å². The molecule has 16 heavy (non-hydrogen) atoms. The fourth-order valence-corrected chi connectivity index (χ4v) is 1.61. The highest BCUT2D eigenvalue weighted by Gasteiger charge is 2.18. The van der Waals surface area contributed by atoms with Gasteiger partial charge in [0.15, 0.2) is 0 Å². The highest BCUT2D eigenvalue weighted by Crippen LogP contribution is 2.33. The van der Waals surface area contributed by atoms with Crippen LogP contribution < -0.4 is 4.74 Å². The monoisotopic (exact) mass is 244 g/mol. The van der Waals surface area contributed by atoms with Crippen LogP contribution in [0, 0.1) is 0 Å². The molecule has 1 aromatic carbocycles. The first kappa shape index (κ1) is 12.8. The van der Waals surface area contributed by atoms with Crippen molar-refractivity contribution in [3.05, 3.63) is 28.8 Å². The fraction of sp³-hybridized carbons (Fsp3) is 0.364. The molecule has 1 aromatic rings. The number of aliphatic hydroxyl groups excluding tert-OH is 1. The Morgan fingerprint density at radius 1 is 1.50 bits per heavy atom. The van der Waals surface area contributed by atoms with Gasteiger partial charge in [-0.25, -0.2) is 0 Å². The SMILES string of the molecule is COC(=O)C[C@@H](O)c1cccc(Cl)c1OC. The van der Waals surface area contributed by atoms with Crippen LogP contribution in [0.2, 0.25) is 5.02 Å². The minimum atomic E-state index is -0.985. The van der Waals surface area contributed by atoms with Gasteiger partial charge >= 0.3 is 5.97 Å². The number of esters is 1. The minimum absolute atomic E-state index is 0.132. The Labute approximate surface area is 98.7 Å². The summed E-state index contributed by atoms with van der Waals surface area (Å²) in [5.41, 5.74) is 0.473. The molecule has 0 saturated carbocycles. The summed E-state index contributed by atoms with van der Waals surface area (Å²) < 4.78 is 9.54. The van der Waals surface area contributed by atoms with Crippen LogP contribution in [0.25, 0.3) is 0 Å². The molecule has 0 heterocycles. The third-order valence-corrected chi connectivity index (χ3v) is 2.45. The average molecular weight is 245 g/mol. The van der Waals surface area contributed by atoms with Crippen molar-refractivity contribution in [1.29, 1.82) is 0 Å². The van der Waals surface area contributed by atoms with Crippen molar-refractivity contribution in [3.63, 3.8) is 0 Å². The Balaban J connectivity index is 2.94. The molecule has 0 spiro atoms. The number of para-hydroxylation sites is 1. The lowest BCUT2D eigenvalue weighted by molar-refractivity contribution is -0.142. The van der Waals surface area contributed by atoms with E-state index in [4.69, 9.17) is 16.3 Å². The lowest BCUT2D eigenvalue weighted by Gasteiger charge is -2.14. The van der Waals surface area contributed by atoms with Gasteiger partial charge in [-0.2, -0.15) is 0 Å². The van der Waals surface area contributed by atoms with E-state index in [1.54, 1.807) is 18.2 Å². The van der Waals surface area contributed by atoms with Gasteiger partial charge in [-0.05, 0) is 6.07 Å². The summed E-state index contributed by atoms with van der Waals surface area (Å²) in [6, 6.07) is 4.98. The van der Waals surface area contributed by atoms with E-state index in [1.165, 1.54) is 14.2 Å². The number of aliphatic hydroxyl groups is 1. The average Bonchev–Trinajstić information content (AvgIpc) is 2.28. The molecule has 5 heteroatoms. The molecular formula is C11H13ClO4. The van der Waals surface area contributed by atoms with Crippen LogP contribution >= 0.6 is 11.6 Å². The maximum atomic E-state index is 11.0. The Hall–Kier alpha value is -1.26. The third kappa shape index (κ3) is 2.87. The molecule has 1 N–H and O–H groups in total. The number of hydrogen-bond acceptors (Lipinski definition) is 4. The summed E-state index contributed by atoms with van der Waals surface area (Å²) >= 11 is 5.89. The molecule has 1 rings (SSSR count). The summed E-state index contributed by atoms with van der Waals surface area (Å²) in [7, 11) is 2.72. The van der Waals surface area contributed by atoms with E-state index >= 15 is 0 Å². The zero-order valence-corrected chi connectivity index (χ0v) is 9.82. The van der Waals surface area contributed by atoms with Gasteiger partial charge < -0.3 is 14.6 Å². The summed E-state index contributed by atoms with van der Waals surface area (Å²) in [5.74, 6) is -0.116.